The average molecular weight is 388 g/mol. The van der Waals surface area contributed by atoms with Crippen molar-refractivity contribution in [1.29, 1.82) is 0 Å². The van der Waals surface area contributed by atoms with Gasteiger partial charge in [0.1, 0.15) is 10.8 Å². The van der Waals surface area contributed by atoms with Crippen molar-refractivity contribution in [2.75, 3.05) is 30.9 Å². The highest BCUT2D eigenvalue weighted by Gasteiger charge is 2.27. The van der Waals surface area contributed by atoms with Crippen molar-refractivity contribution in [3.63, 3.8) is 0 Å². The van der Waals surface area contributed by atoms with E-state index in [4.69, 9.17) is 9.47 Å². The molecular weight excluding hydrogens is 364 g/mol. The van der Waals surface area contributed by atoms with Crippen molar-refractivity contribution in [1.82, 2.24) is 0 Å². The maximum atomic E-state index is 12.5. The third kappa shape index (κ3) is 4.42. The molecule has 0 bridgehead atoms. The highest BCUT2D eigenvalue weighted by atomic mass is 32.1. The second-order valence-corrected chi connectivity index (χ2v) is 7.34. The number of hydrogen-bond donors (Lipinski definition) is 2. The molecule has 1 aliphatic carbocycles. The fraction of sp³-hybridized carbons (Fsp3) is 0.400. The van der Waals surface area contributed by atoms with E-state index in [1.807, 2.05) is 24.3 Å². The van der Waals surface area contributed by atoms with Gasteiger partial charge in [0.2, 0.25) is 5.91 Å². The minimum atomic E-state index is -0.357. The van der Waals surface area contributed by atoms with Gasteiger partial charge in [-0.3, -0.25) is 4.79 Å². The van der Waals surface area contributed by atoms with E-state index >= 15 is 0 Å². The van der Waals surface area contributed by atoms with E-state index in [1.165, 1.54) is 16.2 Å². The highest BCUT2D eigenvalue weighted by Crippen LogP contribution is 2.38. The first kappa shape index (κ1) is 19.2. The summed E-state index contributed by atoms with van der Waals surface area (Å²) in [4.78, 5) is 26.1. The molecule has 0 fully saturated rings. The molecule has 0 unspecified atom stereocenters. The van der Waals surface area contributed by atoms with Crippen LogP contribution in [-0.4, -0.2) is 32.1 Å². The summed E-state index contributed by atoms with van der Waals surface area (Å²) >= 11 is 1.49. The van der Waals surface area contributed by atoms with Gasteiger partial charge in [-0.2, -0.15) is 0 Å². The third-order valence-electron chi connectivity index (χ3n) is 4.45. The number of carbonyl (C=O) groups excluding carboxylic acids is 2. The first-order chi connectivity index (χ1) is 13.1. The van der Waals surface area contributed by atoms with E-state index in [2.05, 4.69) is 10.6 Å². The Morgan fingerprint density at radius 2 is 1.96 bits per heavy atom. The molecule has 1 aromatic carbocycles. The van der Waals surface area contributed by atoms with Crippen LogP contribution in [0.5, 0.6) is 5.75 Å². The molecule has 27 heavy (non-hydrogen) atoms. The number of thiophene rings is 1. The second kappa shape index (κ2) is 8.90. The Balaban J connectivity index is 1.73. The van der Waals surface area contributed by atoms with Gasteiger partial charge in [-0.15, -0.1) is 11.3 Å². The Labute approximate surface area is 162 Å². The number of ether oxygens (including phenoxy) is 2. The van der Waals surface area contributed by atoms with Crippen LogP contribution in [0.2, 0.25) is 0 Å². The molecule has 144 valence electrons. The maximum Gasteiger partial charge on any atom is 0.341 e. The monoisotopic (exact) mass is 388 g/mol. The van der Waals surface area contributed by atoms with Gasteiger partial charge >= 0.3 is 5.97 Å². The van der Waals surface area contributed by atoms with Crippen molar-refractivity contribution in [2.45, 2.75) is 32.6 Å². The van der Waals surface area contributed by atoms with Crippen molar-refractivity contribution in [3.8, 4) is 5.75 Å². The molecule has 1 aliphatic rings. The van der Waals surface area contributed by atoms with Gasteiger partial charge in [-0.05, 0) is 50.3 Å². The summed E-state index contributed by atoms with van der Waals surface area (Å²) in [6.07, 6.45) is 3.97. The van der Waals surface area contributed by atoms with Gasteiger partial charge < -0.3 is 20.1 Å². The molecule has 1 heterocycles. The fourth-order valence-electron chi connectivity index (χ4n) is 3.21. The molecular formula is C20H24N2O4S. The lowest BCUT2D eigenvalue weighted by Crippen LogP contribution is -2.23. The predicted octanol–water partition coefficient (Wildman–Crippen LogP) is 3.86. The highest BCUT2D eigenvalue weighted by molar-refractivity contribution is 7.17. The average Bonchev–Trinajstić information content (AvgIpc) is 3.04. The molecule has 0 spiro atoms. The summed E-state index contributed by atoms with van der Waals surface area (Å²) < 4.78 is 10.5. The lowest BCUT2D eigenvalue weighted by Gasteiger charge is -2.13. The molecule has 1 aromatic heterocycles. The largest absolute Gasteiger partial charge is 0.495 e. The summed E-state index contributed by atoms with van der Waals surface area (Å²) in [6.45, 7) is 2.17. The predicted molar refractivity (Wildman–Crippen MR) is 107 cm³/mol. The summed E-state index contributed by atoms with van der Waals surface area (Å²) in [5.74, 6) is 0.0963. The number of fused-ring (bicyclic) bond motifs is 1. The van der Waals surface area contributed by atoms with Crippen LogP contribution in [-0.2, 0) is 22.4 Å². The minimum Gasteiger partial charge on any atom is -0.495 e. The van der Waals surface area contributed by atoms with E-state index in [1.54, 1.807) is 14.0 Å². The van der Waals surface area contributed by atoms with Gasteiger partial charge in [-0.1, -0.05) is 12.1 Å². The van der Waals surface area contributed by atoms with Gasteiger partial charge in [0.25, 0.3) is 0 Å². The smallest absolute Gasteiger partial charge is 0.341 e. The number of para-hydroxylation sites is 2. The van der Waals surface area contributed by atoms with Crippen LogP contribution >= 0.6 is 11.3 Å². The molecule has 0 radical (unpaired) electrons. The number of nitrogens with one attached hydrogen (secondary N) is 2. The molecule has 2 aromatic rings. The number of hydrogen-bond acceptors (Lipinski definition) is 6. The minimum absolute atomic E-state index is 0.0746. The zero-order valence-electron chi connectivity index (χ0n) is 15.6. The van der Waals surface area contributed by atoms with Crippen LogP contribution in [0.25, 0.3) is 0 Å². The fourth-order valence-corrected chi connectivity index (χ4v) is 4.50. The summed E-state index contributed by atoms with van der Waals surface area (Å²) in [7, 11) is 1.59. The Kier molecular flexibility index (Phi) is 6.34. The van der Waals surface area contributed by atoms with E-state index in [9.17, 15) is 9.59 Å². The maximum absolute atomic E-state index is 12.5. The van der Waals surface area contributed by atoms with E-state index in [-0.39, 0.29) is 18.4 Å². The van der Waals surface area contributed by atoms with E-state index in [0.717, 1.165) is 36.9 Å². The molecule has 1 amide bonds. The van der Waals surface area contributed by atoms with Crippen LogP contribution in [0.1, 0.15) is 40.6 Å². The van der Waals surface area contributed by atoms with Crippen LogP contribution in [0.4, 0.5) is 10.7 Å². The first-order valence-electron chi connectivity index (χ1n) is 9.12. The summed E-state index contributed by atoms with van der Waals surface area (Å²) in [6, 6.07) is 7.41. The zero-order valence-corrected chi connectivity index (χ0v) is 16.4. The Bertz CT molecular complexity index is 831. The van der Waals surface area contributed by atoms with Crippen LogP contribution in [0, 0.1) is 0 Å². The second-order valence-electron chi connectivity index (χ2n) is 6.24. The Morgan fingerprint density at radius 1 is 1.19 bits per heavy atom. The lowest BCUT2D eigenvalue weighted by molar-refractivity contribution is -0.114. The standard InChI is InChI=1S/C20H24N2O4S/c1-3-26-20(24)18-13-8-4-7-11-16(13)27-19(18)22-17(23)12-21-14-9-5-6-10-15(14)25-2/h5-6,9-10,21H,3-4,7-8,11-12H2,1-2H3,(H,22,23). The van der Waals surface area contributed by atoms with Gasteiger partial charge in [0, 0.05) is 4.88 Å². The zero-order chi connectivity index (χ0) is 19.2. The number of anilines is 2. The molecule has 7 heteroatoms. The number of amides is 1. The molecule has 0 aliphatic heterocycles. The Hall–Kier alpha value is -2.54. The Morgan fingerprint density at radius 3 is 2.74 bits per heavy atom. The SMILES string of the molecule is CCOC(=O)c1c(NC(=O)CNc2ccccc2OC)sc2c1CCCC2. The number of carbonyl (C=O) groups is 2. The molecule has 0 saturated carbocycles. The van der Waals surface area contributed by atoms with Crippen molar-refractivity contribution < 1.29 is 19.1 Å². The number of rotatable bonds is 7. The number of methoxy groups -OCH3 is 1. The first-order valence-corrected chi connectivity index (χ1v) is 9.94. The molecule has 3 rings (SSSR count). The van der Waals surface area contributed by atoms with Crippen LogP contribution < -0.4 is 15.4 Å². The summed E-state index contributed by atoms with van der Waals surface area (Å²) in [5.41, 5.74) is 2.31. The molecule has 2 N–H and O–H groups in total. The van der Waals surface area contributed by atoms with E-state index < -0.39 is 0 Å². The summed E-state index contributed by atoms with van der Waals surface area (Å²) in [5, 5.41) is 6.55. The number of esters is 1. The number of aryl methyl sites for hydroxylation is 1. The normalized spacial score (nSPS) is 12.8. The van der Waals surface area contributed by atoms with Gasteiger partial charge in [0.15, 0.2) is 0 Å². The molecule has 0 saturated heterocycles. The van der Waals surface area contributed by atoms with E-state index in [0.29, 0.717) is 22.9 Å². The topological polar surface area (TPSA) is 76.7 Å². The van der Waals surface area contributed by atoms with Crippen LogP contribution in [0.3, 0.4) is 0 Å². The van der Waals surface area contributed by atoms with Crippen molar-refractivity contribution in [2.24, 2.45) is 0 Å². The van der Waals surface area contributed by atoms with Crippen molar-refractivity contribution >= 4 is 33.9 Å². The third-order valence-corrected chi connectivity index (χ3v) is 5.66. The molecule has 6 nitrogen and oxygen atoms in total. The van der Waals surface area contributed by atoms with Crippen LogP contribution in [0.15, 0.2) is 24.3 Å². The molecule has 0 atom stereocenters. The van der Waals surface area contributed by atoms with Gasteiger partial charge in [0.05, 0.1) is 31.5 Å². The van der Waals surface area contributed by atoms with Gasteiger partial charge in [-0.25, -0.2) is 4.79 Å². The van der Waals surface area contributed by atoms with Crippen molar-refractivity contribution in [3.05, 3.63) is 40.3 Å². The number of benzene rings is 1. The lowest BCUT2D eigenvalue weighted by atomic mass is 9.95. The quantitative estimate of drug-likeness (QED) is 0.705.